The fourth-order valence-corrected chi connectivity index (χ4v) is 8.12. The minimum absolute atomic E-state index is 0.0646. The van der Waals surface area contributed by atoms with Gasteiger partial charge in [0.1, 0.15) is 13.2 Å². The summed E-state index contributed by atoms with van der Waals surface area (Å²) in [6.07, 6.45) is 45.2. The van der Waals surface area contributed by atoms with Crippen molar-refractivity contribution < 1.29 is 28.6 Å². The van der Waals surface area contributed by atoms with Crippen LogP contribution in [0.2, 0.25) is 0 Å². The largest absolute Gasteiger partial charge is 0.462 e. The monoisotopic (exact) mass is 849 g/mol. The summed E-state index contributed by atoms with van der Waals surface area (Å²) in [5.41, 5.74) is 0. The third-order valence-electron chi connectivity index (χ3n) is 12.1. The molecule has 0 aliphatic heterocycles. The molecule has 0 radical (unpaired) electrons. The molecule has 0 fully saturated rings. The highest BCUT2D eigenvalue weighted by Crippen LogP contribution is 2.18. The number of carbonyl (C=O) groups excluding carboxylic acids is 3. The van der Waals surface area contributed by atoms with E-state index in [9.17, 15) is 14.4 Å². The highest BCUT2D eigenvalue weighted by atomic mass is 16.6. The average Bonchev–Trinajstić information content (AvgIpc) is 3.20. The van der Waals surface area contributed by atoms with E-state index in [1.54, 1.807) is 0 Å². The molecular weight excluding hydrogens is 745 g/mol. The van der Waals surface area contributed by atoms with Crippen molar-refractivity contribution in [3.05, 3.63) is 0 Å². The van der Waals surface area contributed by atoms with Gasteiger partial charge in [0.05, 0.1) is 0 Å². The molecule has 0 aromatic rings. The van der Waals surface area contributed by atoms with Crippen LogP contribution in [0.15, 0.2) is 0 Å². The highest BCUT2D eigenvalue weighted by Gasteiger charge is 2.19. The Morgan fingerprint density at radius 1 is 0.283 bits per heavy atom. The number of carbonyl (C=O) groups is 3. The van der Waals surface area contributed by atoms with Gasteiger partial charge in [0, 0.05) is 19.3 Å². The van der Waals surface area contributed by atoms with Crippen molar-refractivity contribution in [2.45, 2.75) is 298 Å². The second kappa shape index (κ2) is 45.4. The zero-order valence-electron chi connectivity index (χ0n) is 41.3. The van der Waals surface area contributed by atoms with Gasteiger partial charge in [-0.1, -0.05) is 253 Å². The summed E-state index contributed by atoms with van der Waals surface area (Å²) >= 11 is 0. The number of ether oxygens (including phenoxy) is 3. The first-order valence-electron chi connectivity index (χ1n) is 26.6. The Kier molecular flexibility index (Phi) is 44.2. The summed E-state index contributed by atoms with van der Waals surface area (Å²) in [7, 11) is 0. The Bertz CT molecular complexity index is 929. The van der Waals surface area contributed by atoms with Crippen molar-refractivity contribution in [1.82, 2.24) is 0 Å². The van der Waals surface area contributed by atoms with Gasteiger partial charge in [-0.2, -0.15) is 0 Å². The van der Waals surface area contributed by atoms with E-state index in [0.717, 1.165) is 75.5 Å². The number of unbranched alkanes of at least 4 members (excludes halogenated alkanes) is 30. The summed E-state index contributed by atoms with van der Waals surface area (Å²) in [4.78, 5) is 38.0. The maximum absolute atomic E-state index is 12.8. The molecule has 0 unspecified atom stereocenters. The molecule has 0 bridgehead atoms. The predicted molar refractivity (Wildman–Crippen MR) is 256 cm³/mol. The van der Waals surface area contributed by atoms with Gasteiger partial charge in [-0.3, -0.25) is 14.4 Å². The van der Waals surface area contributed by atoms with E-state index in [-0.39, 0.29) is 31.1 Å². The highest BCUT2D eigenvalue weighted by molar-refractivity contribution is 5.71. The van der Waals surface area contributed by atoms with E-state index < -0.39 is 6.10 Å². The molecule has 0 heterocycles. The summed E-state index contributed by atoms with van der Waals surface area (Å²) in [6, 6.07) is 0. The van der Waals surface area contributed by atoms with Crippen molar-refractivity contribution in [3.8, 4) is 0 Å². The van der Waals surface area contributed by atoms with Crippen molar-refractivity contribution in [2.24, 2.45) is 17.8 Å². The molecule has 1 atom stereocenters. The lowest BCUT2D eigenvalue weighted by Crippen LogP contribution is -2.30. The average molecular weight is 849 g/mol. The van der Waals surface area contributed by atoms with Crippen LogP contribution in [0.5, 0.6) is 0 Å². The maximum Gasteiger partial charge on any atom is 0.306 e. The van der Waals surface area contributed by atoms with Crippen LogP contribution in [0.1, 0.15) is 292 Å². The smallest absolute Gasteiger partial charge is 0.306 e. The number of esters is 3. The first-order valence-corrected chi connectivity index (χ1v) is 26.6. The second-order valence-corrected chi connectivity index (χ2v) is 19.9. The number of hydrogen-bond acceptors (Lipinski definition) is 6. The Balaban J connectivity index is 4.30. The quantitative estimate of drug-likeness (QED) is 0.0345. The van der Waals surface area contributed by atoms with Crippen molar-refractivity contribution >= 4 is 17.9 Å². The van der Waals surface area contributed by atoms with Gasteiger partial charge in [-0.25, -0.2) is 0 Å². The molecule has 0 rings (SSSR count). The molecule has 0 saturated carbocycles. The Labute approximate surface area is 374 Å². The first kappa shape index (κ1) is 58.4. The lowest BCUT2D eigenvalue weighted by Gasteiger charge is -2.18. The summed E-state index contributed by atoms with van der Waals surface area (Å²) in [5, 5.41) is 0. The third-order valence-corrected chi connectivity index (χ3v) is 12.1. The van der Waals surface area contributed by atoms with Crippen LogP contribution < -0.4 is 0 Å². The van der Waals surface area contributed by atoms with Crippen molar-refractivity contribution in [1.29, 1.82) is 0 Å². The van der Waals surface area contributed by atoms with E-state index in [4.69, 9.17) is 14.2 Å². The van der Waals surface area contributed by atoms with Gasteiger partial charge < -0.3 is 14.2 Å². The summed E-state index contributed by atoms with van der Waals surface area (Å²) in [5.74, 6) is 1.62. The Hall–Kier alpha value is -1.59. The second-order valence-electron chi connectivity index (χ2n) is 19.9. The molecule has 0 aliphatic rings. The van der Waals surface area contributed by atoms with Gasteiger partial charge in [-0.15, -0.1) is 0 Å². The minimum Gasteiger partial charge on any atom is -0.462 e. The third kappa shape index (κ3) is 47.5. The van der Waals surface area contributed by atoms with Crippen LogP contribution in [0, 0.1) is 17.8 Å². The van der Waals surface area contributed by atoms with Crippen LogP contribution in [-0.4, -0.2) is 37.2 Å². The molecule has 356 valence electrons. The molecule has 0 aromatic heterocycles. The van der Waals surface area contributed by atoms with Gasteiger partial charge >= 0.3 is 17.9 Å². The predicted octanol–water partition coefficient (Wildman–Crippen LogP) is 17.2. The van der Waals surface area contributed by atoms with Crippen molar-refractivity contribution in [2.75, 3.05) is 13.2 Å². The van der Waals surface area contributed by atoms with Gasteiger partial charge in [0.15, 0.2) is 6.10 Å². The Morgan fingerprint density at radius 2 is 0.483 bits per heavy atom. The summed E-state index contributed by atoms with van der Waals surface area (Å²) in [6.45, 7) is 13.7. The fourth-order valence-electron chi connectivity index (χ4n) is 8.12. The molecule has 0 saturated heterocycles. The van der Waals surface area contributed by atoms with Crippen LogP contribution in [0.4, 0.5) is 0 Å². The molecule has 0 aliphatic carbocycles. The van der Waals surface area contributed by atoms with Crippen LogP contribution in [0.3, 0.4) is 0 Å². The van der Waals surface area contributed by atoms with E-state index in [0.29, 0.717) is 19.3 Å². The van der Waals surface area contributed by atoms with E-state index in [1.165, 1.54) is 173 Å². The molecule has 0 spiro atoms. The van der Waals surface area contributed by atoms with Gasteiger partial charge in [-0.05, 0) is 37.0 Å². The van der Waals surface area contributed by atoms with Crippen LogP contribution >= 0.6 is 0 Å². The maximum atomic E-state index is 12.8. The van der Waals surface area contributed by atoms with Gasteiger partial charge in [0.25, 0.3) is 0 Å². The molecule has 0 aromatic carbocycles. The van der Waals surface area contributed by atoms with Crippen LogP contribution in [-0.2, 0) is 28.6 Å². The lowest BCUT2D eigenvalue weighted by molar-refractivity contribution is -0.167. The number of hydrogen-bond donors (Lipinski definition) is 0. The van der Waals surface area contributed by atoms with E-state index in [1.807, 2.05) is 0 Å². The van der Waals surface area contributed by atoms with E-state index in [2.05, 4.69) is 41.5 Å². The molecule has 6 heteroatoms. The molecule has 6 nitrogen and oxygen atoms in total. The summed E-state index contributed by atoms with van der Waals surface area (Å²) < 4.78 is 16.8. The molecular formula is C54H104O6. The standard InChI is InChI=1S/C54H104O6/c1-48(2)40-34-28-22-16-12-8-7-9-14-18-25-31-37-43-52(55)58-46-51(47-59-53(56)44-38-32-26-21-20-24-30-36-42-50(5)6)60-54(57)45-39-33-27-19-15-11-10-13-17-23-29-35-41-49(3)4/h48-51H,7-47H2,1-6H3/t51-/m1/s1. The SMILES string of the molecule is CC(C)CCCCCCCCCCCCCCCC(=O)OC[C@H](COC(=O)CCCCCCCCCCC(C)C)OC(=O)CCCCCCCCCCCCCCC(C)C. The minimum atomic E-state index is -0.763. The lowest BCUT2D eigenvalue weighted by atomic mass is 10.0. The zero-order chi connectivity index (χ0) is 44.2. The molecule has 0 amide bonds. The first-order chi connectivity index (χ1) is 29.1. The molecule has 0 N–H and O–H groups in total. The fraction of sp³-hybridized carbons (Fsp3) is 0.944. The number of rotatable bonds is 47. The van der Waals surface area contributed by atoms with Crippen molar-refractivity contribution in [3.63, 3.8) is 0 Å². The topological polar surface area (TPSA) is 78.9 Å². The Morgan fingerprint density at radius 3 is 0.717 bits per heavy atom. The normalized spacial score (nSPS) is 12.2. The van der Waals surface area contributed by atoms with Gasteiger partial charge in [0.2, 0.25) is 0 Å². The zero-order valence-corrected chi connectivity index (χ0v) is 41.3. The van der Waals surface area contributed by atoms with Crippen LogP contribution in [0.25, 0.3) is 0 Å². The van der Waals surface area contributed by atoms with E-state index >= 15 is 0 Å². The molecule has 60 heavy (non-hydrogen) atoms.